The molecule has 2 aromatic rings. The molecule has 1 aromatic heterocycles. The molecule has 1 aromatic carbocycles. The van der Waals surface area contributed by atoms with Crippen LogP contribution in [0.3, 0.4) is 0 Å². The molecule has 0 spiro atoms. The summed E-state index contributed by atoms with van der Waals surface area (Å²) >= 11 is 0. The summed E-state index contributed by atoms with van der Waals surface area (Å²) in [5.74, 6) is 0. The van der Waals surface area contributed by atoms with Gasteiger partial charge in [0.05, 0.1) is 11.2 Å². The third-order valence-electron chi connectivity index (χ3n) is 3.73. The average molecular weight is 265 g/mol. The highest BCUT2D eigenvalue weighted by Crippen LogP contribution is 2.29. The number of hydrogen-bond donors (Lipinski definition) is 0. The van der Waals surface area contributed by atoms with Crippen molar-refractivity contribution in [3.05, 3.63) is 42.1 Å². The number of hydrogen-bond acceptors (Lipinski definition) is 3. The quantitative estimate of drug-likeness (QED) is 0.798. The molecule has 0 aliphatic carbocycles. The van der Waals surface area contributed by atoms with E-state index in [2.05, 4.69) is 22.0 Å². The lowest BCUT2D eigenvalue weighted by Crippen LogP contribution is -2.29. The Morgan fingerprint density at radius 3 is 2.75 bits per heavy atom. The minimum absolute atomic E-state index is 0.813. The molecule has 20 heavy (non-hydrogen) atoms. The number of nitrogens with zero attached hydrogens (tertiary/aromatic N) is 2. The smallest absolute Gasteiger partial charge is 0.225 e. The van der Waals surface area contributed by atoms with Crippen molar-refractivity contribution in [3.8, 4) is 0 Å². The minimum Gasteiger partial charge on any atom is -0.371 e. The van der Waals surface area contributed by atoms with Crippen LogP contribution in [0.25, 0.3) is 17.0 Å². The van der Waals surface area contributed by atoms with Gasteiger partial charge >= 0.3 is 0 Å². The Morgan fingerprint density at radius 2 is 1.95 bits per heavy atom. The molecule has 1 radical (unpaired) electrons. The molecule has 3 heteroatoms. The van der Waals surface area contributed by atoms with Crippen LogP contribution in [0, 0.1) is 0 Å². The fourth-order valence-corrected chi connectivity index (χ4v) is 2.78. The van der Waals surface area contributed by atoms with E-state index in [1.807, 2.05) is 18.2 Å². The van der Waals surface area contributed by atoms with E-state index in [1.54, 1.807) is 12.4 Å². The first-order chi connectivity index (χ1) is 9.88. The topological polar surface area (TPSA) is 33.2 Å². The van der Waals surface area contributed by atoms with Gasteiger partial charge < -0.3 is 4.90 Å². The van der Waals surface area contributed by atoms with E-state index in [0.29, 0.717) is 0 Å². The fourth-order valence-electron chi connectivity index (χ4n) is 2.78. The first-order valence-corrected chi connectivity index (χ1v) is 7.07. The zero-order valence-corrected chi connectivity index (χ0v) is 11.4. The molecule has 0 N–H and O–H groups in total. The van der Waals surface area contributed by atoms with E-state index >= 15 is 0 Å². The zero-order chi connectivity index (χ0) is 13.8. The van der Waals surface area contributed by atoms with Crippen LogP contribution in [0.5, 0.6) is 0 Å². The third-order valence-corrected chi connectivity index (χ3v) is 3.73. The number of carbonyl (C=O) groups excluding carboxylic acids is 1. The molecular formula is C17H17N2O. The molecule has 2 heterocycles. The summed E-state index contributed by atoms with van der Waals surface area (Å²) in [5.41, 5.74) is 3.01. The second-order valence-electron chi connectivity index (χ2n) is 5.08. The van der Waals surface area contributed by atoms with Gasteiger partial charge in [0.1, 0.15) is 0 Å². The van der Waals surface area contributed by atoms with E-state index in [9.17, 15) is 4.79 Å². The summed E-state index contributed by atoms with van der Waals surface area (Å²) in [6, 6.07) is 10.2. The second kappa shape index (κ2) is 5.87. The maximum Gasteiger partial charge on any atom is 0.225 e. The number of pyridine rings is 1. The molecule has 0 saturated carbocycles. The van der Waals surface area contributed by atoms with Crippen molar-refractivity contribution in [1.29, 1.82) is 0 Å². The monoisotopic (exact) mass is 265 g/mol. The van der Waals surface area contributed by atoms with Gasteiger partial charge in [-0.25, -0.2) is 4.98 Å². The Labute approximate surface area is 118 Å². The summed E-state index contributed by atoms with van der Waals surface area (Å²) < 4.78 is 0. The van der Waals surface area contributed by atoms with Gasteiger partial charge in [-0.2, -0.15) is 0 Å². The molecule has 1 saturated heterocycles. The molecule has 3 nitrogen and oxygen atoms in total. The van der Waals surface area contributed by atoms with Crippen LogP contribution < -0.4 is 4.90 Å². The molecular weight excluding hydrogens is 248 g/mol. The highest BCUT2D eigenvalue weighted by Gasteiger charge is 2.14. The number of anilines is 1. The number of allylic oxidation sites excluding steroid dienone is 1. The number of rotatable bonds is 3. The van der Waals surface area contributed by atoms with E-state index in [4.69, 9.17) is 0 Å². The van der Waals surface area contributed by atoms with Gasteiger partial charge in [0.25, 0.3) is 0 Å². The Bertz CT molecular complexity index is 642. The lowest BCUT2D eigenvalue weighted by molar-refractivity contribution is 0.564. The van der Waals surface area contributed by atoms with Crippen LogP contribution in [0.2, 0.25) is 0 Å². The summed E-state index contributed by atoms with van der Waals surface area (Å²) in [7, 11) is 0. The van der Waals surface area contributed by atoms with Gasteiger partial charge in [0.15, 0.2) is 0 Å². The van der Waals surface area contributed by atoms with Crippen molar-refractivity contribution in [3.63, 3.8) is 0 Å². The lowest BCUT2D eigenvalue weighted by Gasteiger charge is -2.30. The molecule has 0 unspecified atom stereocenters. The van der Waals surface area contributed by atoms with Crippen LogP contribution in [-0.4, -0.2) is 24.4 Å². The molecule has 1 fully saturated rings. The Balaban J connectivity index is 2.11. The van der Waals surface area contributed by atoms with Crippen molar-refractivity contribution in [2.75, 3.05) is 18.0 Å². The van der Waals surface area contributed by atoms with Gasteiger partial charge in [0, 0.05) is 24.2 Å². The first kappa shape index (κ1) is 12.9. The average Bonchev–Trinajstić information content (AvgIpc) is 2.53. The summed E-state index contributed by atoms with van der Waals surface area (Å²) in [4.78, 5) is 17.4. The Kier molecular flexibility index (Phi) is 3.77. The van der Waals surface area contributed by atoms with Crippen LogP contribution in [0.15, 0.2) is 36.4 Å². The zero-order valence-electron chi connectivity index (χ0n) is 11.4. The van der Waals surface area contributed by atoms with E-state index in [1.165, 1.54) is 36.4 Å². The molecule has 0 amide bonds. The number of fused-ring (bicyclic) bond motifs is 1. The highest BCUT2D eigenvalue weighted by molar-refractivity contribution is 5.93. The molecule has 1 aliphatic rings. The highest BCUT2D eigenvalue weighted by atomic mass is 16.1. The van der Waals surface area contributed by atoms with E-state index in [0.717, 1.165) is 24.3 Å². The van der Waals surface area contributed by atoms with Crippen LogP contribution in [0.4, 0.5) is 5.69 Å². The van der Waals surface area contributed by atoms with Crippen LogP contribution in [0.1, 0.15) is 25.0 Å². The van der Waals surface area contributed by atoms with Crippen molar-refractivity contribution in [1.82, 2.24) is 4.98 Å². The van der Waals surface area contributed by atoms with E-state index in [-0.39, 0.29) is 0 Å². The van der Waals surface area contributed by atoms with Crippen molar-refractivity contribution in [2.24, 2.45) is 0 Å². The number of aromatic nitrogens is 1. The Hall–Kier alpha value is -2.16. The van der Waals surface area contributed by atoms with Gasteiger partial charge in [-0.3, -0.25) is 4.79 Å². The fraction of sp³-hybridized carbons (Fsp3) is 0.294. The number of benzene rings is 1. The summed E-state index contributed by atoms with van der Waals surface area (Å²) in [6.45, 7) is 2.19. The molecule has 101 valence electrons. The number of piperidine rings is 1. The van der Waals surface area contributed by atoms with Crippen molar-refractivity contribution < 1.29 is 4.79 Å². The molecule has 0 atom stereocenters. The van der Waals surface area contributed by atoms with E-state index < -0.39 is 0 Å². The molecule has 0 bridgehead atoms. The van der Waals surface area contributed by atoms with Gasteiger partial charge in [-0.15, -0.1) is 0 Å². The molecule has 3 rings (SSSR count). The van der Waals surface area contributed by atoms with Gasteiger partial charge in [0.2, 0.25) is 6.29 Å². The normalized spacial score (nSPS) is 15.9. The lowest BCUT2D eigenvalue weighted by atomic mass is 10.1. The van der Waals surface area contributed by atoms with Gasteiger partial charge in [-0.1, -0.05) is 18.2 Å². The maximum atomic E-state index is 10.4. The maximum absolute atomic E-state index is 10.4. The van der Waals surface area contributed by atoms with Gasteiger partial charge in [-0.05, 0) is 43.5 Å². The second-order valence-corrected chi connectivity index (χ2v) is 5.08. The van der Waals surface area contributed by atoms with Crippen molar-refractivity contribution >= 4 is 29.0 Å². The Morgan fingerprint density at radius 1 is 1.15 bits per heavy atom. The predicted octanol–water partition coefficient (Wildman–Crippen LogP) is 3.35. The minimum atomic E-state index is 0.813. The van der Waals surface area contributed by atoms with Crippen LogP contribution in [-0.2, 0) is 4.79 Å². The van der Waals surface area contributed by atoms with Crippen molar-refractivity contribution in [2.45, 2.75) is 19.3 Å². The summed E-state index contributed by atoms with van der Waals surface area (Å²) in [5, 5.41) is 1.18. The SMILES string of the molecule is O=[C]C=Cc1cc(N2CCCCC2)c2ccccc2n1. The first-order valence-electron chi connectivity index (χ1n) is 7.07. The summed E-state index contributed by atoms with van der Waals surface area (Å²) in [6.07, 6.45) is 8.66. The largest absolute Gasteiger partial charge is 0.371 e. The number of para-hydroxylation sites is 1. The van der Waals surface area contributed by atoms with Crippen LogP contribution >= 0.6 is 0 Å². The third kappa shape index (κ3) is 2.57. The predicted molar refractivity (Wildman–Crippen MR) is 82.5 cm³/mol. The molecule has 1 aliphatic heterocycles. The standard InChI is InChI=1S/C17H17N2O/c20-12-6-7-14-13-17(19-10-4-1-5-11-19)15-8-2-3-9-16(15)18-14/h2-3,6-9,13H,1,4-5,10-11H2.